The van der Waals surface area contributed by atoms with Gasteiger partial charge >= 0.3 is 0 Å². The first-order valence-electron chi connectivity index (χ1n) is 6.92. The van der Waals surface area contributed by atoms with Crippen LogP contribution in [-0.4, -0.2) is 36.1 Å². The van der Waals surface area contributed by atoms with Gasteiger partial charge in [0, 0.05) is 25.3 Å². The van der Waals surface area contributed by atoms with Crippen LogP contribution in [0.3, 0.4) is 0 Å². The van der Waals surface area contributed by atoms with Gasteiger partial charge < -0.3 is 16.0 Å². The Morgan fingerprint density at radius 1 is 1.63 bits per heavy atom. The van der Waals surface area contributed by atoms with Crippen molar-refractivity contribution in [2.24, 2.45) is 5.73 Å². The normalized spacial score (nSPS) is 20.3. The van der Waals surface area contributed by atoms with E-state index < -0.39 is 0 Å². The van der Waals surface area contributed by atoms with Crippen molar-refractivity contribution in [1.82, 2.24) is 10.3 Å². The molecule has 104 valence electrons. The average Bonchev–Trinajstić information content (AvgIpc) is 2.88. The quantitative estimate of drug-likeness (QED) is 0.827. The molecule has 1 saturated heterocycles. The number of hydrogen-bond acceptors (Lipinski definition) is 4. The molecule has 5 nitrogen and oxygen atoms in total. The first kappa shape index (κ1) is 13.8. The first-order chi connectivity index (χ1) is 9.20. The highest BCUT2D eigenvalue weighted by Crippen LogP contribution is 2.17. The number of carbonyl (C=O) groups is 1. The van der Waals surface area contributed by atoms with Gasteiger partial charge in [-0.15, -0.1) is 0 Å². The van der Waals surface area contributed by atoms with Crippen molar-refractivity contribution in [2.45, 2.75) is 38.3 Å². The van der Waals surface area contributed by atoms with E-state index in [2.05, 4.69) is 15.2 Å². The van der Waals surface area contributed by atoms with Crippen LogP contribution in [-0.2, 0) is 4.79 Å². The molecule has 2 rings (SSSR count). The van der Waals surface area contributed by atoms with Crippen LogP contribution in [0.15, 0.2) is 24.4 Å². The second kappa shape index (κ2) is 6.52. The molecular weight excluding hydrogens is 240 g/mol. The van der Waals surface area contributed by atoms with Gasteiger partial charge in [-0.2, -0.15) is 0 Å². The van der Waals surface area contributed by atoms with Crippen LogP contribution in [0.2, 0.25) is 0 Å². The molecule has 1 aromatic heterocycles. The average molecular weight is 262 g/mol. The van der Waals surface area contributed by atoms with Crippen LogP contribution in [0.25, 0.3) is 0 Å². The molecule has 1 amide bonds. The Morgan fingerprint density at radius 2 is 2.47 bits per heavy atom. The molecule has 3 N–H and O–H groups in total. The van der Waals surface area contributed by atoms with Crippen molar-refractivity contribution >= 4 is 11.7 Å². The summed E-state index contributed by atoms with van der Waals surface area (Å²) in [4.78, 5) is 18.4. The van der Waals surface area contributed by atoms with Crippen molar-refractivity contribution in [1.29, 1.82) is 0 Å². The summed E-state index contributed by atoms with van der Waals surface area (Å²) in [5.41, 5.74) is 5.81. The highest BCUT2D eigenvalue weighted by molar-refractivity contribution is 5.81. The Balaban J connectivity index is 1.84. The van der Waals surface area contributed by atoms with Crippen LogP contribution in [0, 0.1) is 0 Å². The van der Waals surface area contributed by atoms with E-state index in [0.717, 1.165) is 38.2 Å². The maximum Gasteiger partial charge on any atom is 0.237 e. The van der Waals surface area contributed by atoms with E-state index in [-0.39, 0.29) is 18.0 Å². The molecule has 19 heavy (non-hydrogen) atoms. The zero-order valence-corrected chi connectivity index (χ0v) is 11.4. The molecule has 0 aliphatic carbocycles. The standard InChI is InChI=1S/C14H22N4O/c1-2-5-12(15)14(19)17-11-7-9-18(10-11)13-6-3-4-8-16-13/h3-4,6,8,11-12H,2,5,7,9-10,15H2,1H3,(H,17,19). The minimum atomic E-state index is -0.381. The maximum absolute atomic E-state index is 11.9. The van der Waals surface area contributed by atoms with Crippen LogP contribution in [0.5, 0.6) is 0 Å². The smallest absolute Gasteiger partial charge is 0.237 e. The predicted molar refractivity (Wildman–Crippen MR) is 75.9 cm³/mol. The maximum atomic E-state index is 11.9. The van der Waals surface area contributed by atoms with E-state index in [0.29, 0.717) is 0 Å². The molecule has 0 radical (unpaired) electrons. The van der Waals surface area contributed by atoms with Gasteiger partial charge in [0.2, 0.25) is 5.91 Å². The number of anilines is 1. The molecule has 1 fully saturated rings. The van der Waals surface area contributed by atoms with Crippen molar-refractivity contribution in [3.63, 3.8) is 0 Å². The fourth-order valence-corrected chi connectivity index (χ4v) is 2.38. The second-order valence-electron chi connectivity index (χ2n) is 5.02. The Hall–Kier alpha value is -1.62. The Bertz CT molecular complexity index is 409. The summed E-state index contributed by atoms with van der Waals surface area (Å²) in [5, 5.41) is 3.03. The molecule has 2 atom stereocenters. The highest BCUT2D eigenvalue weighted by Gasteiger charge is 2.25. The first-order valence-corrected chi connectivity index (χ1v) is 6.92. The molecule has 0 aromatic carbocycles. The number of amides is 1. The number of nitrogens with two attached hydrogens (primary N) is 1. The summed E-state index contributed by atoms with van der Waals surface area (Å²) in [7, 11) is 0. The second-order valence-corrected chi connectivity index (χ2v) is 5.02. The number of nitrogens with one attached hydrogen (secondary N) is 1. The third-order valence-electron chi connectivity index (χ3n) is 3.44. The molecule has 0 spiro atoms. The number of carbonyl (C=O) groups excluding carboxylic acids is 1. The zero-order valence-electron chi connectivity index (χ0n) is 11.4. The van der Waals surface area contributed by atoms with E-state index in [1.165, 1.54) is 0 Å². The summed E-state index contributed by atoms with van der Waals surface area (Å²) in [6.45, 7) is 3.76. The predicted octanol–water partition coefficient (Wildman–Crippen LogP) is 0.904. The van der Waals surface area contributed by atoms with Gasteiger partial charge in [-0.1, -0.05) is 19.4 Å². The van der Waals surface area contributed by atoms with Gasteiger partial charge in [0.25, 0.3) is 0 Å². The summed E-state index contributed by atoms with van der Waals surface area (Å²) in [5.74, 6) is 0.937. The van der Waals surface area contributed by atoms with E-state index in [4.69, 9.17) is 5.73 Å². The summed E-state index contributed by atoms with van der Waals surface area (Å²) < 4.78 is 0. The summed E-state index contributed by atoms with van der Waals surface area (Å²) >= 11 is 0. The molecule has 0 saturated carbocycles. The summed E-state index contributed by atoms with van der Waals surface area (Å²) in [6.07, 6.45) is 4.40. The van der Waals surface area contributed by atoms with Crippen LogP contribution < -0.4 is 16.0 Å². The lowest BCUT2D eigenvalue weighted by Gasteiger charge is -2.19. The lowest BCUT2D eigenvalue weighted by molar-refractivity contribution is -0.123. The minimum absolute atomic E-state index is 0.0327. The number of aromatic nitrogens is 1. The summed E-state index contributed by atoms with van der Waals surface area (Å²) in [6, 6.07) is 5.67. The third-order valence-corrected chi connectivity index (χ3v) is 3.44. The Morgan fingerprint density at radius 3 is 3.16 bits per heavy atom. The lowest BCUT2D eigenvalue weighted by Crippen LogP contribution is -2.46. The van der Waals surface area contributed by atoms with E-state index in [9.17, 15) is 4.79 Å². The largest absolute Gasteiger partial charge is 0.354 e. The van der Waals surface area contributed by atoms with E-state index in [1.54, 1.807) is 6.20 Å². The van der Waals surface area contributed by atoms with E-state index in [1.807, 2.05) is 25.1 Å². The third kappa shape index (κ3) is 3.67. The Labute approximate surface area is 114 Å². The minimum Gasteiger partial charge on any atom is -0.354 e. The van der Waals surface area contributed by atoms with Crippen molar-refractivity contribution < 1.29 is 4.79 Å². The number of nitrogens with zero attached hydrogens (tertiary/aromatic N) is 2. The van der Waals surface area contributed by atoms with Gasteiger partial charge in [-0.3, -0.25) is 4.79 Å². The molecule has 2 unspecified atom stereocenters. The molecule has 2 heterocycles. The fraction of sp³-hybridized carbons (Fsp3) is 0.571. The molecule has 1 aliphatic heterocycles. The number of hydrogen-bond donors (Lipinski definition) is 2. The van der Waals surface area contributed by atoms with Crippen molar-refractivity contribution in [2.75, 3.05) is 18.0 Å². The lowest BCUT2D eigenvalue weighted by atomic mass is 10.1. The number of pyridine rings is 1. The SMILES string of the molecule is CCCC(N)C(=O)NC1CCN(c2ccccn2)C1. The van der Waals surface area contributed by atoms with Gasteiger partial charge in [-0.05, 0) is 25.0 Å². The van der Waals surface area contributed by atoms with Crippen molar-refractivity contribution in [3.8, 4) is 0 Å². The van der Waals surface area contributed by atoms with Gasteiger partial charge in [0.1, 0.15) is 5.82 Å². The number of rotatable bonds is 5. The molecule has 1 aromatic rings. The molecule has 1 aliphatic rings. The van der Waals surface area contributed by atoms with Crippen LogP contribution in [0.1, 0.15) is 26.2 Å². The monoisotopic (exact) mass is 262 g/mol. The Kier molecular flexibility index (Phi) is 4.74. The molecular formula is C14H22N4O. The van der Waals surface area contributed by atoms with Gasteiger partial charge in [0.05, 0.1) is 6.04 Å². The topological polar surface area (TPSA) is 71.2 Å². The van der Waals surface area contributed by atoms with Crippen LogP contribution in [0.4, 0.5) is 5.82 Å². The van der Waals surface area contributed by atoms with Gasteiger partial charge in [-0.25, -0.2) is 4.98 Å². The van der Waals surface area contributed by atoms with Crippen molar-refractivity contribution in [3.05, 3.63) is 24.4 Å². The van der Waals surface area contributed by atoms with Crippen LogP contribution >= 0.6 is 0 Å². The fourth-order valence-electron chi connectivity index (χ4n) is 2.38. The molecule has 5 heteroatoms. The highest BCUT2D eigenvalue weighted by atomic mass is 16.2. The molecule has 0 bridgehead atoms. The zero-order chi connectivity index (χ0) is 13.7. The van der Waals surface area contributed by atoms with Gasteiger partial charge in [0.15, 0.2) is 0 Å². The van der Waals surface area contributed by atoms with E-state index >= 15 is 0 Å².